The summed E-state index contributed by atoms with van der Waals surface area (Å²) in [5.74, 6) is -0.0799. The third-order valence-corrected chi connectivity index (χ3v) is 6.64. The fraction of sp³-hybridized carbons (Fsp3) is 0.474. The average Bonchev–Trinajstić information content (AvgIpc) is 3.07. The minimum Gasteiger partial charge on any atom is -0.351 e. The number of benzene rings is 1. The molecule has 0 radical (unpaired) electrons. The predicted molar refractivity (Wildman–Crippen MR) is 101 cm³/mol. The van der Waals surface area contributed by atoms with Crippen molar-refractivity contribution in [2.24, 2.45) is 0 Å². The van der Waals surface area contributed by atoms with Crippen LogP contribution in [0.5, 0.6) is 0 Å². The van der Waals surface area contributed by atoms with Gasteiger partial charge < -0.3 is 9.42 Å². The van der Waals surface area contributed by atoms with Crippen molar-refractivity contribution in [2.45, 2.75) is 38.0 Å². The molecule has 1 aromatic carbocycles. The summed E-state index contributed by atoms with van der Waals surface area (Å²) >= 11 is 0. The Morgan fingerprint density at radius 2 is 1.67 bits per heavy atom. The number of nitrogens with zero attached hydrogens (tertiary/aromatic N) is 3. The third-order valence-electron chi connectivity index (χ3n) is 4.72. The summed E-state index contributed by atoms with van der Waals surface area (Å²) in [5.41, 5.74) is 1.69. The standard InChI is InChI=1S/C19H25N3O4S/c1-14-13-17(26-20-14)18(23)21-9-11-22(12-10-21)27(24,25)16-7-5-15(6-8-16)19(2,3)4/h5-8,13H,9-12H2,1-4H3. The van der Waals surface area contributed by atoms with E-state index < -0.39 is 10.0 Å². The highest BCUT2D eigenvalue weighted by Gasteiger charge is 2.31. The van der Waals surface area contributed by atoms with Gasteiger partial charge in [-0.3, -0.25) is 4.79 Å². The summed E-state index contributed by atoms with van der Waals surface area (Å²) in [6, 6.07) is 8.62. The van der Waals surface area contributed by atoms with Crippen molar-refractivity contribution in [1.82, 2.24) is 14.4 Å². The van der Waals surface area contributed by atoms with Gasteiger partial charge in [-0.1, -0.05) is 38.1 Å². The summed E-state index contributed by atoms with van der Waals surface area (Å²) in [6.45, 7) is 9.14. The van der Waals surface area contributed by atoms with Gasteiger partial charge in [0, 0.05) is 32.2 Å². The Balaban J connectivity index is 1.68. The molecule has 0 bridgehead atoms. The highest BCUT2D eigenvalue weighted by Crippen LogP contribution is 2.25. The van der Waals surface area contributed by atoms with Crippen molar-refractivity contribution in [3.63, 3.8) is 0 Å². The van der Waals surface area contributed by atoms with Crippen molar-refractivity contribution in [3.05, 3.63) is 47.3 Å². The molecule has 1 aliphatic rings. The predicted octanol–water partition coefficient (Wildman–Crippen LogP) is 2.43. The minimum atomic E-state index is -3.57. The Morgan fingerprint density at radius 1 is 1.07 bits per heavy atom. The molecule has 2 heterocycles. The van der Waals surface area contributed by atoms with Crippen LogP contribution in [0.25, 0.3) is 0 Å². The van der Waals surface area contributed by atoms with Gasteiger partial charge in [-0.05, 0) is 30.0 Å². The molecule has 8 heteroatoms. The SMILES string of the molecule is Cc1cc(C(=O)N2CCN(S(=O)(=O)c3ccc(C(C)(C)C)cc3)CC2)on1. The van der Waals surface area contributed by atoms with E-state index in [0.717, 1.165) is 5.56 Å². The number of rotatable bonds is 3. The van der Waals surface area contributed by atoms with E-state index in [0.29, 0.717) is 18.8 Å². The van der Waals surface area contributed by atoms with Crippen LogP contribution in [0.15, 0.2) is 39.8 Å². The summed E-state index contributed by atoms with van der Waals surface area (Å²) in [6.07, 6.45) is 0. The second-order valence-electron chi connectivity index (χ2n) is 7.80. The van der Waals surface area contributed by atoms with Gasteiger partial charge in [0.15, 0.2) is 0 Å². The van der Waals surface area contributed by atoms with Crippen LogP contribution < -0.4 is 0 Å². The van der Waals surface area contributed by atoms with E-state index in [1.54, 1.807) is 30.0 Å². The molecule has 1 aromatic heterocycles. The Hall–Kier alpha value is -2.19. The van der Waals surface area contributed by atoms with Crippen LogP contribution in [0, 0.1) is 6.92 Å². The van der Waals surface area contributed by atoms with Crippen LogP contribution >= 0.6 is 0 Å². The van der Waals surface area contributed by atoms with Crippen molar-refractivity contribution in [2.75, 3.05) is 26.2 Å². The Bertz CT molecular complexity index is 919. The highest BCUT2D eigenvalue weighted by atomic mass is 32.2. The van der Waals surface area contributed by atoms with Gasteiger partial charge in [0.25, 0.3) is 5.91 Å². The number of amides is 1. The van der Waals surface area contributed by atoms with Crippen molar-refractivity contribution in [3.8, 4) is 0 Å². The van der Waals surface area contributed by atoms with Crippen molar-refractivity contribution in [1.29, 1.82) is 0 Å². The minimum absolute atomic E-state index is 0.0344. The lowest BCUT2D eigenvalue weighted by atomic mass is 9.87. The van der Waals surface area contributed by atoms with Crippen molar-refractivity contribution < 1.29 is 17.7 Å². The zero-order chi connectivity index (χ0) is 19.8. The first kappa shape index (κ1) is 19.6. The Labute approximate surface area is 160 Å². The summed E-state index contributed by atoms with van der Waals surface area (Å²) in [7, 11) is -3.57. The van der Waals surface area contributed by atoms with E-state index in [1.807, 2.05) is 12.1 Å². The highest BCUT2D eigenvalue weighted by molar-refractivity contribution is 7.89. The lowest BCUT2D eigenvalue weighted by molar-refractivity contribution is 0.0656. The molecule has 0 aliphatic carbocycles. The first-order chi connectivity index (χ1) is 12.6. The molecule has 0 saturated carbocycles. The van der Waals surface area contributed by atoms with E-state index in [1.165, 1.54) is 4.31 Å². The van der Waals surface area contributed by atoms with E-state index in [-0.39, 0.29) is 35.1 Å². The van der Waals surface area contributed by atoms with Gasteiger partial charge in [-0.15, -0.1) is 0 Å². The van der Waals surface area contributed by atoms with Gasteiger partial charge >= 0.3 is 0 Å². The third kappa shape index (κ3) is 4.06. The quantitative estimate of drug-likeness (QED) is 0.802. The molecule has 0 atom stereocenters. The number of sulfonamides is 1. The van der Waals surface area contributed by atoms with Crippen LogP contribution in [-0.4, -0.2) is 54.9 Å². The van der Waals surface area contributed by atoms with E-state index in [4.69, 9.17) is 4.52 Å². The Morgan fingerprint density at radius 3 is 2.15 bits per heavy atom. The monoisotopic (exact) mass is 391 g/mol. The second kappa shape index (κ2) is 7.09. The molecule has 146 valence electrons. The smallest absolute Gasteiger partial charge is 0.292 e. The molecule has 0 N–H and O–H groups in total. The van der Waals surface area contributed by atoms with E-state index in [2.05, 4.69) is 25.9 Å². The van der Waals surface area contributed by atoms with Crippen LogP contribution in [0.4, 0.5) is 0 Å². The summed E-state index contributed by atoms with van der Waals surface area (Å²) < 4.78 is 32.2. The van der Waals surface area contributed by atoms with Gasteiger partial charge in [0.05, 0.1) is 10.6 Å². The maximum Gasteiger partial charge on any atom is 0.292 e. The van der Waals surface area contributed by atoms with Crippen molar-refractivity contribution >= 4 is 15.9 Å². The zero-order valence-electron chi connectivity index (χ0n) is 16.1. The molecule has 3 rings (SSSR count). The molecule has 7 nitrogen and oxygen atoms in total. The van der Waals surface area contributed by atoms with Crippen LogP contribution in [0.2, 0.25) is 0 Å². The van der Waals surface area contributed by atoms with Gasteiger partial charge in [-0.2, -0.15) is 4.31 Å². The second-order valence-corrected chi connectivity index (χ2v) is 9.74. The van der Waals surface area contributed by atoms with Gasteiger partial charge in [-0.25, -0.2) is 8.42 Å². The molecule has 0 unspecified atom stereocenters. The molecular weight excluding hydrogens is 366 g/mol. The molecule has 1 fully saturated rings. The molecule has 1 amide bonds. The fourth-order valence-corrected chi connectivity index (χ4v) is 4.45. The first-order valence-corrected chi connectivity index (χ1v) is 10.4. The Kier molecular flexibility index (Phi) is 5.14. The fourth-order valence-electron chi connectivity index (χ4n) is 3.03. The summed E-state index contributed by atoms with van der Waals surface area (Å²) in [4.78, 5) is 14.3. The summed E-state index contributed by atoms with van der Waals surface area (Å²) in [5, 5.41) is 3.72. The maximum absolute atomic E-state index is 12.9. The lowest BCUT2D eigenvalue weighted by Gasteiger charge is -2.33. The number of carbonyl (C=O) groups excluding carboxylic acids is 1. The molecule has 2 aromatic rings. The number of hydrogen-bond donors (Lipinski definition) is 0. The van der Waals surface area contributed by atoms with E-state index in [9.17, 15) is 13.2 Å². The largest absolute Gasteiger partial charge is 0.351 e. The average molecular weight is 391 g/mol. The topological polar surface area (TPSA) is 83.7 Å². The molecule has 27 heavy (non-hydrogen) atoms. The number of hydrogen-bond acceptors (Lipinski definition) is 5. The van der Waals surface area contributed by atoms with Gasteiger partial charge in [0.2, 0.25) is 15.8 Å². The van der Waals surface area contributed by atoms with Crippen LogP contribution in [-0.2, 0) is 15.4 Å². The number of aromatic nitrogens is 1. The normalized spacial score (nSPS) is 16.5. The van der Waals surface area contributed by atoms with E-state index >= 15 is 0 Å². The molecule has 1 saturated heterocycles. The van der Waals surface area contributed by atoms with Crippen LogP contribution in [0.1, 0.15) is 42.6 Å². The zero-order valence-corrected chi connectivity index (χ0v) is 16.9. The molecular formula is C19H25N3O4S. The number of aryl methyl sites for hydroxylation is 1. The molecule has 1 aliphatic heterocycles. The van der Waals surface area contributed by atoms with Crippen LogP contribution in [0.3, 0.4) is 0 Å². The maximum atomic E-state index is 12.9. The van der Waals surface area contributed by atoms with Gasteiger partial charge in [0.1, 0.15) is 0 Å². The lowest BCUT2D eigenvalue weighted by Crippen LogP contribution is -2.50. The number of carbonyl (C=O) groups is 1. The first-order valence-electron chi connectivity index (χ1n) is 8.92. The number of piperazine rings is 1. The molecule has 0 spiro atoms.